The van der Waals surface area contributed by atoms with Crippen molar-refractivity contribution >= 4 is 46.6 Å². The van der Waals surface area contributed by atoms with Gasteiger partial charge >= 0.3 is 0 Å². The van der Waals surface area contributed by atoms with E-state index in [2.05, 4.69) is 34.2 Å². The first-order chi connectivity index (χ1) is 7.47. The Hall–Kier alpha value is -0.790. The van der Waals surface area contributed by atoms with Crippen LogP contribution in [0.1, 0.15) is 24.4 Å². The maximum Gasteiger partial charge on any atom is 0.184 e. The summed E-state index contributed by atoms with van der Waals surface area (Å²) in [6, 6.07) is 0. The van der Waals surface area contributed by atoms with E-state index in [0.717, 1.165) is 26.8 Å². The lowest BCUT2D eigenvalue weighted by Gasteiger charge is -2.03. The predicted octanol–water partition coefficient (Wildman–Crippen LogP) is 2.16. The highest BCUT2D eigenvalue weighted by Crippen LogP contribution is 2.19. The zero-order chi connectivity index (χ0) is 12.3. The van der Waals surface area contributed by atoms with Gasteiger partial charge in [0.05, 0.1) is 10.6 Å². The molecule has 1 heterocycles. The molecule has 4 nitrogen and oxygen atoms in total. The summed E-state index contributed by atoms with van der Waals surface area (Å²) in [5, 5.41) is 4.26. The number of thiazole rings is 1. The summed E-state index contributed by atoms with van der Waals surface area (Å²) in [6.45, 7) is 6.88. The van der Waals surface area contributed by atoms with Crippen molar-refractivity contribution in [2.75, 3.05) is 0 Å². The Morgan fingerprint density at radius 3 is 2.69 bits per heavy atom. The summed E-state index contributed by atoms with van der Waals surface area (Å²) in [4.78, 5) is 1.07. The van der Waals surface area contributed by atoms with Crippen LogP contribution in [0.4, 0.5) is 0 Å². The van der Waals surface area contributed by atoms with Gasteiger partial charge in [-0.3, -0.25) is 5.43 Å². The lowest BCUT2D eigenvalue weighted by molar-refractivity contribution is 0.736. The van der Waals surface area contributed by atoms with E-state index in [4.69, 9.17) is 18.0 Å². The van der Waals surface area contributed by atoms with E-state index in [1.807, 2.05) is 13.8 Å². The molecule has 1 rings (SSSR count). The normalized spacial score (nSPS) is 11.6. The molecule has 0 amide bonds. The molecule has 0 aliphatic heterocycles. The maximum absolute atomic E-state index is 5.31. The van der Waals surface area contributed by atoms with Crippen LogP contribution in [0.25, 0.3) is 0 Å². The third kappa shape index (κ3) is 2.87. The van der Waals surface area contributed by atoms with Gasteiger partial charge in [-0.1, -0.05) is 0 Å². The second-order valence-electron chi connectivity index (χ2n) is 3.20. The van der Waals surface area contributed by atoms with Crippen molar-refractivity contribution in [1.82, 2.24) is 9.99 Å². The van der Waals surface area contributed by atoms with E-state index < -0.39 is 0 Å². The van der Waals surface area contributed by atoms with Gasteiger partial charge in [-0.05, 0) is 45.2 Å². The molecule has 0 saturated heterocycles. The first-order valence-corrected chi connectivity index (χ1v) is 6.41. The van der Waals surface area contributed by atoms with Gasteiger partial charge in [-0.25, -0.2) is 0 Å². The zero-order valence-corrected chi connectivity index (χ0v) is 11.9. The van der Waals surface area contributed by atoms with Crippen molar-refractivity contribution in [1.29, 1.82) is 0 Å². The number of hydrogen-bond acceptors (Lipinski definition) is 4. The first-order valence-electron chi connectivity index (χ1n) is 4.77. The molecule has 0 fully saturated rings. The summed E-state index contributed by atoms with van der Waals surface area (Å²) in [7, 11) is 0. The summed E-state index contributed by atoms with van der Waals surface area (Å²) >= 11 is 11.5. The number of aromatic nitrogens is 1. The van der Waals surface area contributed by atoms with Crippen LogP contribution in [-0.2, 0) is 6.54 Å². The lowest BCUT2D eigenvalue weighted by atomic mass is 10.3. The molecular formula is C9H14N4S3. The van der Waals surface area contributed by atoms with Crippen LogP contribution in [-0.4, -0.2) is 15.4 Å². The number of rotatable bonds is 3. The van der Waals surface area contributed by atoms with Crippen LogP contribution in [0.15, 0.2) is 5.10 Å². The highest BCUT2D eigenvalue weighted by molar-refractivity contribution is 7.80. The number of nitrogens with zero attached hydrogens (tertiary/aromatic N) is 2. The Kier molecular flexibility index (Phi) is 4.57. The molecule has 0 aliphatic rings. The Labute approximate surface area is 109 Å². The van der Waals surface area contributed by atoms with E-state index >= 15 is 0 Å². The van der Waals surface area contributed by atoms with Gasteiger partial charge in [-0.2, -0.15) is 5.10 Å². The third-order valence-corrected chi connectivity index (χ3v) is 3.87. The quantitative estimate of drug-likeness (QED) is 0.504. The fourth-order valence-corrected chi connectivity index (χ4v) is 2.93. The number of nitrogens with one attached hydrogen (secondary N) is 1. The van der Waals surface area contributed by atoms with Crippen molar-refractivity contribution < 1.29 is 0 Å². The Morgan fingerprint density at radius 1 is 1.62 bits per heavy atom. The average molecular weight is 274 g/mol. The van der Waals surface area contributed by atoms with Gasteiger partial charge in [0.25, 0.3) is 0 Å². The molecule has 3 N–H and O–H groups in total. The SMILES string of the molecule is CCn1c(C)c(/C(C)=N\NC(N)=S)sc1=S. The second kappa shape index (κ2) is 5.51. The van der Waals surface area contributed by atoms with E-state index in [1.165, 1.54) is 0 Å². The molecule has 88 valence electrons. The minimum Gasteiger partial charge on any atom is -0.375 e. The van der Waals surface area contributed by atoms with Crippen molar-refractivity contribution in [3.8, 4) is 0 Å². The number of hydrazone groups is 1. The molecule has 0 radical (unpaired) electrons. The lowest BCUT2D eigenvalue weighted by Crippen LogP contribution is -2.25. The highest BCUT2D eigenvalue weighted by Gasteiger charge is 2.10. The van der Waals surface area contributed by atoms with E-state index in [9.17, 15) is 0 Å². The number of thiocarbonyl (C=S) groups is 1. The van der Waals surface area contributed by atoms with Crippen LogP contribution < -0.4 is 11.2 Å². The summed E-state index contributed by atoms with van der Waals surface area (Å²) < 4.78 is 2.94. The summed E-state index contributed by atoms with van der Waals surface area (Å²) in [6.07, 6.45) is 0. The molecule has 0 bridgehead atoms. The molecular weight excluding hydrogens is 260 g/mol. The van der Waals surface area contributed by atoms with Crippen LogP contribution in [0, 0.1) is 10.9 Å². The molecule has 0 saturated carbocycles. The second-order valence-corrected chi connectivity index (χ2v) is 5.28. The highest BCUT2D eigenvalue weighted by atomic mass is 32.1. The molecule has 16 heavy (non-hydrogen) atoms. The Balaban J connectivity index is 3.10. The largest absolute Gasteiger partial charge is 0.375 e. The number of nitrogens with two attached hydrogens (primary N) is 1. The molecule has 1 aromatic heterocycles. The molecule has 0 unspecified atom stereocenters. The van der Waals surface area contributed by atoms with Crippen LogP contribution in [0.5, 0.6) is 0 Å². The maximum atomic E-state index is 5.31. The van der Waals surface area contributed by atoms with E-state index in [-0.39, 0.29) is 5.11 Å². The molecule has 7 heteroatoms. The third-order valence-electron chi connectivity index (χ3n) is 2.12. The van der Waals surface area contributed by atoms with Gasteiger partial charge in [-0.15, -0.1) is 11.3 Å². The minimum absolute atomic E-state index is 0.163. The van der Waals surface area contributed by atoms with Gasteiger partial charge in [0.2, 0.25) is 0 Å². The monoisotopic (exact) mass is 274 g/mol. The molecule has 1 aromatic rings. The van der Waals surface area contributed by atoms with E-state index in [1.54, 1.807) is 11.3 Å². The topological polar surface area (TPSA) is 55.3 Å². The molecule has 0 atom stereocenters. The Bertz CT molecular complexity index is 483. The van der Waals surface area contributed by atoms with Crippen molar-refractivity contribution in [2.24, 2.45) is 10.8 Å². The summed E-state index contributed by atoms with van der Waals surface area (Å²) in [5.74, 6) is 0. The fraction of sp³-hybridized carbons (Fsp3) is 0.444. The molecule has 0 aromatic carbocycles. The van der Waals surface area contributed by atoms with Gasteiger partial charge < -0.3 is 10.3 Å². The van der Waals surface area contributed by atoms with Crippen molar-refractivity contribution in [3.63, 3.8) is 0 Å². The smallest absolute Gasteiger partial charge is 0.184 e. The van der Waals surface area contributed by atoms with Crippen LogP contribution in [0.3, 0.4) is 0 Å². The predicted molar refractivity (Wildman–Crippen MR) is 75.7 cm³/mol. The Morgan fingerprint density at radius 2 is 2.25 bits per heavy atom. The molecule has 0 aliphatic carbocycles. The van der Waals surface area contributed by atoms with Gasteiger partial charge in [0, 0.05) is 12.2 Å². The average Bonchev–Trinajstić information content (AvgIpc) is 2.50. The van der Waals surface area contributed by atoms with Crippen LogP contribution >= 0.6 is 35.8 Å². The first kappa shape index (κ1) is 13.3. The van der Waals surface area contributed by atoms with Crippen LogP contribution in [0.2, 0.25) is 0 Å². The van der Waals surface area contributed by atoms with Gasteiger partial charge in [0.15, 0.2) is 9.07 Å². The van der Waals surface area contributed by atoms with Gasteiger partial charge in [0.1, 0.15) is 0 Å². The summed E-state index contributed by atoms with van der Waals surface area (Å²) in [5.41, 5.74) is 9.86. The van der Waals surface area contributed by atoms with Crippen molar-refractivity contribution in [2.45, 2.75) is 27.3 Å². The van der Waals surface area contributed by atoms with Crippen molar-refractivity contribution in [3.05, 3.63) is 14.5 Å². The van der Waals surface area contributed by atoms with E-state index in [0.29, 0.717) is 0 Å². The zero-order valence-electron chi connectivity index (χ0n) is 9.40. The molecule has 0 spiro atoms. The minimum atomic E-state index is 0.163. The standard InChI is InChI=1S/C9H14N4S3/c1-4-13-6(3)7(16-9(13)15)5(2)11-12-8(10)14/h4H2,1-3H3,(H3,10,12,14)/b11-5-. The number of hydrogen-bond donors (Lipinski definition) is 2. The fourth-order valence-electron chi connectivity index (χ4n) is 1.37.